The van der Waals surface area contributed by atoms with E-state index in [1.165, 1.54) is 0 Å². The van der Waals surface area contributed by atoms with Crippen molar-refractivity contribution in [3.63, 3.8) is 0 Å². The topological polar surface area (TPSA) is 97.6 Å². The number of carbonyl (C=O) groups excluding carboxylic acids is 2. The van der Waals surface area contributed by atoms with E-state index in [9.17, 15) is 14.5 Å². The lowest BCUT2D eigenvalue weighted by Crippen LogP contribution is -2.32. The minimum atomic E-state index is -0.415. The fraction of sp³-hybridized carbons (Fsp3) is 0.306. The van der Waals surface area contributed by atoms with Gasteiger partial charge >= 0.3 is 5.97 Å². The zero-order valence-electron chi connectivity index (χ0n) is 24.8. The first-order valence-electron chi connectivity index (χ1n) is 15.1. The molecule has 0 aromatic heterocycles. The van der Waals surface area contributed by atoms with Crippen molar-refractivity contribution in [2.75, 3.05) is 13.2 Å². The number of amides is 1. The van der Waals surface area contributed by atoms with Gasteiger partial charge in [-0.15, -0.1) is 4.91 Å². The SMILES string of the molecule is O=Nc1cc2c(c(C3CC3)c1)C(=O)OCC/C=C/CC/C=C/C(=N/OCC(=O)N(Cc1ccccc1)Cc1ccccc1)C2. The summed E-state index contributed by atoms with van der Waals surface area (Å²) in [6.07, 6.45) is 12.3. The van der Waals surface area contributed by atoms with Crippen LogP contribution >= 0.6 is 0 Å². The van der Waals surface area contributed by atoms with Crippen LogP contribution in [0.1, 0.15) is 70.6 Å². The predicted octanol–water partition coefficient (Wildman–Crippen LogP) is 7.56. The molecule has 44 heavy (non-hydrogen) atoms. The number of rotatable bonds is 9. The predicted molar refractivity (Wildman–Crippen MR) is 171 cm³/mol. The number of nitroso groups, excluding NO2 is 1. The van der Waals surface area contributed by atoms with Crippen LogP contribution in [0.25, 0.3) is 0 Å². The van der Waals surface area contributed by atoms with Gasteiger partial charge in [0.15, 0.2) is 6.61 Å². The van der Waals surface area contributed by atoms with Crippen LogP contribution in [0.4, 0.5) is 5.69 Å². The largest absolute Gasteiger partial charge is 0.462 e. The lowest BCUT2D eigenvalue weighted by Gasteiger charge is -2.22. The lowest BCUT2D eigenvalue weighted by molar-refractivity contribution is -0.137. The highest BCUT2D eigenvalue weighted by Gasteiger charge is 2.31. The van der Waals surface area contributed by atoms with Gasteiger partial charge in [-0.1, -0.05) is 84.0 Å². The maximum atomic E-state index is 13.4. The average molecular weight is 592 g/mol. The first-order valence-corrected chi connectivity index (χ1v) is 15.1. The Morgan fingerprint density at radius 1 is 0.886 bits per heavy atom. The van der Waals surface area contributed by atoms with Crippen molar-refractivity contribution in [3.05, 3.63) is 130 Å². The van der Waals surface area contributed by atoms with Crippen LogP contribution in [-0.4, -0.2) is 35.7 Å². The van der Waals surface area contributed by atoms with Crippen LogP contribution in [0.5, 0.6) is 0 Å². The van der Waals surface area contributed by atoms with Gasteiger partial charge in [-0.2, -0.15) is 0 Å². The van der Waals surface area contributed by atoms with Crippen LogP contribution in [0, 0.1) is 4.91 Å². The Bertz CT molecular complexity index is 1490. The molecular formula is C36H37N3O5. The molecule has 1 amide bonds. The zero-order chi connectivity index (χ0) is 30.6. The molecule has 1 saturated carbocycles. The standard InChI is InChI=1S/C36H37N3O5/c40-34(39(24-27-13-7-5-8-14-27)25-28-15-9-6-10-16-28)26-44-38-31-17-11-3-1-2-4-12-20-43-36(41)35-30(21-31)22-32(37-42)23-33(35)29-18-19-29/h2,4-11,13-17,22-23,29H,1,3,12,18-21,24-26H2/b4-2+,17-11+,38-31-. The van der Waals surface area contributed by atoms with Crippen molar-refractivity contribution in [2.45, 2.75) is 57.5 Å². The number of nitrogens with zero attached hydrogens (tertiary/aromatic N) is 3. The van der Waals surface area contributed by atoms with E-state index in [4.69, 9.17) is 9.57 Å². The highest BCUT2D eigenvalue weighted by molar-refractivity contribution is 6.00. The molecule has 5 rings (SSSR count). The van der Waals surface area contributed by atoms with E-state index in [0.29, 0.717) is 36.3 Å². The quantitative estimate of drug-likeness (QED) is 0.111. The van der Waals surface area contributed by atoms with Crippen LogP contribution < -0.4 is 0 Å². The second-order valence-corrected chi connectivity index (χ2v) is 11.1. The fourth-order valence-electron chi connectivity index (χ4n) is 5.22. The Kier molecular flexibility index (Phi) is 10.8. The number of oxime groups is 1. The molecule has 3 aromatic carbocycles. The summed E-state index contributed by atoms with van der Waals surface area (Å²) < 4.78 is 5.64. The number of hydrogen-bond donors (Lipinski definition) is 0. The van der Waals surface area contributed by atoms with Crippen molar-refractivity contribution < 1.29 is 19.2 Å². The smallest absolute Gasteiger partial charge is 0.338 e. The molecule has 1 aliphatic carbocycles. The molecule has 3 aromatic rings. The van der Waals surface area contributed by atoms with Crippen LogP contribution in [0.15, 0.2) is 107 Å². The molecule has 8 heteroatoms. The number of fused-ring (bicyclic) bond motifs is 1. The first kappa shape index (κ1) is 30.6. The summed E-state index contributed by atoms with van der Waals surface area (Å²) in [5.74, 6) is -0.423. The molecule has 0 radical (unpaired) electrons. The van der Waals surface area contributed by atoms with Gasteiger partial charge in [-0.3, -0.25) is 4.79 Å². The normalized spacial score (nSPS) is 17.9. The van der Waals surface area contributed by atoms with Crippen molar-refractivity contribution in [1.82, 2.24) is 4.90 Å². The molecule has 2 aliphatic rings. The molecule has 8 nitrogen and oxygen atoms in total. The fourth-order valence-corrected chi connectivity index (χ4v) is 5.22. The van der Waals surface area contributed by atoms with Gasteiger partial charge in [-0.25, -0.2) is 4.79 Å². The zero-order valence-corrected chi connectivity index (χ0v) is 24.8. The van der Waals surface area contributed by atoms with E-state index in [1.807, 2.05) is 78.9 Å². The molecule has 0 spiro atoms. The van der Waals surface area contributed by atoms with Gasteiger partial charge in [-0.05, 0) is 83.7 Å². The minimum Gasteiger partial charge on any atom is -0.462 e. The Hall–Kier alpha value is -4.85. The highest BCUT2D eigenvalue weighted by atomic mass is 16.6. The van der Waals surface area contributed by atoms with Crippen molar-refractivity contribution in [3.8, 4) is 0 Å². The molecule has 0 saturated heterocycles. The lowest BCUT2D eigenvalue weighted by atomic mass is 9.93. The monoisotopic (exact) mass is 591 g/mol. The second-order valence-electron chi connectivity index (χ2n) is 11.1. The average Bonchev–Trinajstić information content (AvgIpc) is 3.89. The molecule has 1 heterocycles. The number of ether oxygens (including phenoxy) is 1. The van der Waals surface area contributed by atoms with Crippen LogP contribution in [0.3, 0.4) is 0 Å². The van der Waals surface area contributed by atoms with Crippen molar-refractivity contribution in [2.24, 2.45) is 10.3 Å². The number of allylic oxidation sites excluding steroid dienone is 3. The van der Waals surface area contributed by atoms with E-state index in [0.717, 1.165) is 42.4 Å². The van der Waals surface area contributed by atoms with E-state index < -0.39 is 5.97 Å². The van der Waals surface area contributed by atoms with Gasteiger partial charge in [0.1, 0.15) is 5.69 Å². The van der Waals surface area contributed by atoms with Crippen molar-refractivity contribution in [1.29, 1.82) is 0 Å². The Morgan fingerprint density at radius 3 is 2.20 bits per heavy atom. The maximum Gasteiger partial charge on any atom is 0.338 e. The summed E-state index contributed by atoms with van der Waals surface area (Å²) in [5.41, 5.74) is 4.68. The molecule has 1 aliphatic heterocycles. The van der Waals surface area contributed by atoms with Gasteiger partial charge in [0.05, 0.1) is 17.9 Å². The van der Waals surface area contributed by atoms with Crippen LogP contribution in [0.2, 0.25) is 0 Å². The van der Waals surface area contributed by atoms with E-state index in [2.05, 4.69) is 16.4 Å². The molecule has 0 atom stereocenters. The van der Waals surface area contributed by atoms with Gasteiger partial charge in [0.2, 0.25) is 0 Å². The van der Waals surface area contributed by atoms with E-state index in [-0.39, 0.29) is 37.1 Å². The highest BCUT2D eigenvalue weighted by Crippen LogP contribution is 2.44. The summed E-state index contributed by atoms with van der Waals surface area (Å²) in [5, 5.41) is 7.54. The summed E-state index contributed by atoms with van der Waals surface area (Å²) in [6.45, 7) is 0.889. The van der Waals surface area contributed by atoms with E-state index >= 15 is 0 Å². The third kappa shape index (κ3) is 8.83. The van der Waals surface area contributed by atoms with Gasteiger partial charge < -0.3 is 14.5 Å². The second kappa shape index (κ2) is 15.6. The van der Waals surface area contributed by atoms with E-state index in [1.54, 1.807) is 17.0 Å². The van der Waals surface area contributed by atoms with Crippen molar-refractivity contribution >= 4 is 23.3 Å². The Balaban J connectivity index is 1.38. The number of hydrogen-bond acceptors (Lipinski definition) is 7. The molecule has 0 unspecified atom stereocenters. The summed E-state index contributed by atoms with van der Waals surface area (Å²) in [4.78, 5) is 45.8. The third-order valence-electron chi connectivity index (χ3n) is 7.58. The summed E-state index contributed by atoms with van der Waals surface area (Å²) in [7, 11) is 0. The Morgan fingerprint density at radius 2 is 1.55 bits per heavy atom. The molecular weight excluding hydrogens is 554 g/mol. The number of benzene rings is 3. The molecule has 1 fully saturated rings. The van der Waals surface area contributed by atoms with Gasteiger partial charge in [0, 0.05) is 19.5 Å². The first-order chi connectivity index (χ1) is 21.6. The summed E-state index contributed by atoms with van der Waals surface area (Å²) in [6, 6.07) is 23.0. The van der Waals surface area contributed by atoms with Gasteiger partial charge in [0.25, 0.3) is 5.91 Å². The number of esters is 1. The molecule has 0 bridgehead atoms. The third-order valence-corrected chi connectivity index (χ3v) is 7.58. The van der Waals surface area contributed by atoms with Crippen LogP contribution in [-0.2, 0) is 33.9 Å². The number of cyclic esters (lactones) is 1. The Labute approximate surface area is 258 Å². The molecule has 226 valence electrons. The molecule has 0 N–H and O–H groups in total. The summed E-state index contributed by atoms with van der Waals surface area (Å²) >= 11 is 0. The minimum absolute atomic E-state index is 0.196. The maximum absolute atomic E-state index is 13.4. The number of carbonyl (C=O) groups is 2.